The van der Waals surface area contributed by atoms with Crippen LogP contribution in [-0.2, 0) is 22.6 Å². The number of hydrogen-bond donors (Lipinski definition) is 2. The summed E-state index contributed by atoms with van der Waals surface area (Å²) in [6.07, 6.45) is -0.859. The van der Waals surface area contributed by atoms with Crippen LogP contribution in [0.3, 0.4) is 0 Å². The molecule has 2 unspecified atom stereocenters. The number of carbonyl (C=O) groups excluding carboxylic acids is 2. The molecular formula is C24H24F2N4O5. The molecule has 0 bridgehead atoms. The summed E-state index contributed by atoms with van der Waals surface area (Å²) in [7, 11) is 0. The molecule has 0 aromatic heterocycles. The molecule has 2 heterocycles. The van der Waals surface area contributed by atoms with Gasteiger partial charge in [-0.15, -0.1) is 6.58 Å². The summed E-state index contributed by atoms with van der Waals surface area (Å²) in [6.45, 7) is 3.00. The smallest absolute Gasteiger partial charge is 0.424 e. The lowest BCUT2D eigenvalue weighted by Gasteiger charge is -2.54. The Labute approximate surface area is 200 Å². The number of fused-ring (bicyclic) bond motifs is 1. The van der Waals surface area contributed by atoms with Crippen LogP contribution in [0.2, 0.25) is 0 Å². The van der Waals surface area contributed by atoms with Crippen molar-refractivity contribution in [1.82, 2.24) is 19.8 Å². The lowest BCUT2D eigenvalue weighted by molar-refractivity contribution is -0.192. The first kappa shape index (κ1) is 24.1. The summed E-state index contributed by atoms with van der Waals surface area (Å²) in [4.78, 5) is 41.5. The zero-order chi connectivity index (χ0) is 25.3. The summed E-state index contributed by atoms with van der Waals surface area (Å²) in [5, 5.41) is 21.9. The monoisotopic (exact) mass is 486 g/mol. The number of carboxylic acid groups (broad SMARTS) is 1. The molecule has 35 heavy (non-hydrogen) atoms. The van der Waals surface area contributed by atoms with Gasteiger partial charge in [0.1, 0.15) is 29.6 Å². The summed E-state index contributed by atoms with van der Waals surface area (Å²) < 4.78 is 27.8. The van der Waals surface area contributed by atoms with Crippen LogP contribution >= 0.6 is 0 Å². The molecule has 2 N–H and O–H groups in total. The number of halogens is 2. The van der Waals surface area contributed by atoms with E-state index in [-0.39, 0.29) is 43.9 Å². The van der Waals surface area contributed by atoms with E-state index in [1.54, 1.807) is 12.1 Å². The van der Waals surface area contributed by atoms with E-state index < -0.39 is 41.7 Å². The predicted molar refractivity (Wildman–Crippen MR) is 120 cm³/mol. The van der Waals surface area contributed by atoms with Crippen LogP contribution in [0, 0.1) is 11.6 Å². The zero-order valence-electron chi connectivity index (χ0n) is 18.7. The third kappa shape index (κ3) is 4.80. The molecule has 3 amide bonds. The van der Waals surface area contributed by atoms with E-state index in [1.165, 1.54) is 39.1 Å². The molecule has 0 spiro atoms. The quantitative estimate of drug-likeness (QED) is 0.607. The molecule has 0 aliphatic carbocycles. The minimum atomic E-state index is -1.32. The molecule has 4 rings (SSSR count). The van der Waals surface area contributed by atoms with Crippen LogP contribution in [0.4, 0.5) is 13.6 Å². The number of benzene rings is 2. The molecular weight excluding hydrogens is 462 g/mol. The molecule has 2 fully saturated rings. The first-order chi connectivity index (χ1) is 16.7. The molecule has 2 atom stereocenters. The highest BCUT2D eigenvalue weighted by Gasteiger charge is 2.51. The Balaban J connectivity index is 1.73. The van der Waals surface area contributed by atoms with Crippen LogP contribution in [0.5, 0.6) is 5.75 Å². The Hall–Kier alpha value is -3.99. The van der Waals surface area contributed by atoms with Gasteiger partial charge in [-0.25, -0.2) is 23.6 Å². The van der Waals surface area contributed by atoms with Gasteiger partial charge in [-0.1, -0.05) is 24.3 Å². The summed E-state index contributed by atoms with van der Waals surface area (Å²) in [5.74, 6) is -2.49. The second-order valence-electron chi connectivity index (χ2n) is 8.39. The maximum atomic E-state index is 14.4. The van der Waals surface area contributed by atoms with Crippen molar-refractivity contribution in [2.75, 3.05) is 19.6 Å². The molecule has 0 radical (unpaired) electrons. The molecule has 0 saturated carbocycles. The second-order valence-corrected chi connectivity index (χ2v) is 8.39. The van der Waals surface area contributed by atoms with Gasteiger partial charge in [-0.05, 0) is 23.8 Å². The lowest BCUT2D eigenvalue weighted by atomic mass is 9.98. The zero-order valence-corrected chi connectivity index (χ0v) is 18.7. The Morgan fingerprint density at radius 3 is 2.49 bits per heavy atom. The third-order valence-corrected chi connectivity index (χ3v) is 6.11. The van der Waals surface area contributed by atoms with Crippen LogP contribution < -0.4 is 0 Å². The molecule has 11 heteroatoms. The number of nitrogens with zero attached hydrogens (tertiary/aromatic N) is 4. The normalized spacial score (nSPS) is 20.7. The first-order valence-corrected chi connectivity index (χ1v) is 10.9. The van der Waals surface area contributed by atoms with Crippen molar-refractivity contribution < 1.29 is 33.4 Å². The maximum Gasteiger partial charge on any atom is 0.424 e. The van der Waals surface area contributed by atoms with E-state index in [1.807, 2.05) is 0 Å². The van der Waals surface area contributed by atoms with E-state index >= 15 is 0 Å². The number of phenolic OH excluding ortho intramolecular Hbond substituents is 1. The average Bonchev–Trinajstić information content (AvgIpc) is 2.79. The Bertz CT molecular complexity index is 1160. The number of hydrogen-bond acceptors (Lipinski definition) is 5. The molecule has 2 aliphatic rings. The highest BCUT2D eigenvalue weighted by Crippen LogP contribution is 2.29. The van der Waals surface area contributed by atoms with Crippen molar-refractivity contribution in [2.45, 2.75) is 25.2 Å². The van der Waals surface area contributed by atoms with Crippen LogP contribution in [-0.4, -0.2) is 79.8 Å². The minimum absolute atomic E-state index is 0.0289. The fourth-order valence-corrected chi connectivity index (χ4v) is 4.54. The standard InChI is InChI=1S/C24H24F2N4O5/c1-2-9-28-14-22(32)29-20(10-15-3-7-18(31)8-4-15)23(33)27(13-21(29)30(28)24(34)35)12-16-5-6-17(25)11-19(16)26/h2-8,11,20-21,31H,1,9-10,12-14H2,(H,34,35). The van der Waals surface area contributed by atoms with E-state index in [9.17, 15) is 33.4 Å². The SMILES string of the molecule is C=CCN1CC(=O)N2C(Cc3ccc(O)cc3)C(=O)N(Cc3ccc(F)cc3F)CC2N1C(=O)O. The van der Waals surface area contributed by atoms with E-state index in [0.717, 1.165) is 11.1 Å². The number of piperazine rings is 1. The summed E-state index contributed by atoms with van der Waals surface area (Å²) >= 11 is 0. The number of amides is 3. The van der Waals surface area contributed by atoms with Crippen molar-refractivity contribution in [2.24, 2.45) is 0 Å². The molecule has 2 aliphatic heterocycles. The van der Waals surface area contributed by atoms with E-state index in [4.69, 9.17) is 0 Å². The second kappa shape index (κ2) is 9.71. The van der Waals surface area contributed by atoms with E-state index in [2.05, 4.69) is 6.58 Å². The number of rotatable bonds is 6. The number of hydrazine groups is 1. The largest absolute Gasteiger partial charge is 0.508 e. The van der Waals surface area contributed by atoms with Gasteiger partial charge in [0.2, 0.25) is 11.8 Å². The molecule has 2 saturated heterocycles. The van der Waals surface area contributed by atoms with Gasteiger partial charge in [0.25, 0.3) is 0 Å². The van der Waals surface area contributed by atoms with Crippen LogP contribution in [0.25, 0.3) is 0 Å². The Morgan fingerprint density at radius 2 is 1.86 bits per heavy atom. The van der Waals surface area contributed by atoms with Crippen molar-refractivity contribution in [3.63, 3.8) is 0 Å². The highest BCUT2D eigenvalue weighted by molar-refractivity contribution is 5.91. The van der Waals surface area contributed by atoms with Gasteiger partial charge in [0, 0.05) is 31.1 Å². The topological polar surface area (TPSA) is 105 Å². The van der Waals surface area contributed by atoms with Crippen LogP contribution in [0.1, 0.15) is 11.1 Å². The Kier molecular flexibility index (Phi) is 6.70. The van der Waals surface area contributed by atoms with Crippen molar-refractivity contribution >= 4 is 17.9 Å². The van der Waals surface area contributed by atoms with E-state index in [0.29, 0.717) is 11.6 Å². The number of aromatic hydroxyl groups is 1. The average molecular weight is 486 g/mol. The van der Waals surface area contributed by atoms with Crippen molar-refractivity contribution in [1.29, 1.82) is 0 Å². The van der Waals surface area contributed by atoms with Gasteiger partial charge >= 0.3 is 6.09 Å². The third-order valence-electron chi connectivity index (χ3n) is 6.11. The summed E-state index contributed by atoms with van der Waals surface area (Å²) in [6, 6.07) is 8.04. The molecule has 184 valence electrons. The van der Waals surface area contributed by atoms with Gasteiger partial charge in [-0.2, -0.15) is 0 Å². The van der Waals surface area contributed by atoms with Crippen molar-refractivity contribution in [3.8, 4) is 5.75 Å². The molecule has 9 nitrogen and oxygen atoms in total. The predicted octanol–water partition coefficient (Wildman–Crippen LogP) is 2.18. The van der Waals surface area contributed by atoms with Gasteiger partial charge in [0.15, 0.2) is 0 Å². The fourth-order valence-electron chi connectivity index (χ4n) is 4.54. The number of carbonyl (C=O) groups is 3. The minimum Gasteiger partial charge on any atom is -0.508 e. The summed E-state index contributed by atoms with van der Waals surface area (Å²) in [5.41, 5.74) is 0.696. The van der Waals surface area contributed by atoms with Gasteiger partial charge < -0.3 is 20.0 Å². The maximum absolute atomic E-state index is 14.4. The Morgan fingerprint density at radius 1 is 1.14 bits per heavy atom. The van der Waals surface area contributed by atoms with Crippen molar-refractivity contribution in [3.05, 3.63) is 77.9 Å². The lowest BCUT2D eigenvalue weighted by Crippen LogP contribution is -2.75. The number of phenols is 1. The molecule has 2 aromatic carbocycles. The molecule has 2 aromatic rings. The van der Waals surface area contributed by atoms with Gasteiger partial charge in [0.05, 0.1) is 13.1 Å². The highest BCUT2D eigenvalue weighted by atomic mass is 19.1. The first-order valence-electron chi connectivity index (χ1n) is 10.9. The van der Waals surface area contributed by atoms with Crippen LogP contribution in [0.15, 0.2) is 55.1 Å². The fraction of sp³-hybridized carbons (Fsp3) is 0.292. The van der Waals surface area contributed by atoms with Gasteiger partial charge in [-0.3, -0.25) is 9.59 Å².